The molecule has 4 nitrogen and oxygen atoms in total. The first-order chi connectivity index (χ1) is 8.82. The Morgan fingerprint density at radius 2 is 2.05 bits per heavy atom. The summed E-state index contributed by atoms with van der Waals surface area (Å²) in [6, 6.07) is 4.16. The molecule has 0 radical (unpaired) electrons. The van der Waals surface area contributed by atoms with Crippen LogP contribution in [0.15, 0.2) is 24.3 Å². The maximum atomic E-state index is 12.4. The van der Waals surface area contributed by atoms with E-state index in [2.05, 4.69) is 5.32 Å². The van der Waals surface area contributed by atoms with E-state index in [9.17, 15) is 22.2 Å². The number of hydrogen-bond acceptors (Lipinski definition) is 3. The Balaban J connectivity index is 2.67. The Morgan fingerprint density at radius 3 is 2.63 bits per heavy atom. The first kappa shape index (κ1) is 15.6. The minimum atomic E-state index is -4.49. The number of alkyl halides is 3. The lowest BCUT2D eigenvalue weighted by Crippen LogP contribution is -2.21. The molecule has 1 amide bonds. The van der Waals surface area contributed by atoms with Gasteiger partial charge >= 0.3 is 6.18 Å². The lowest BCUT2D eigenvalue weighted by Gasteiger charge is -2.09. The molecule has 1 unspecified atom stereocenters. The predicted octanol–water partition coefficient (Wildman–Crippen LogP) is 1.38. The highest BCUT2D eigenvalue weighted by atomic mass is 32.2. The molecule has 0 fully saturated rings. The zero-order valence-corrected chi connectivity index (χ0v) is 10.6. The monoisotopic (exact) mass is 295 g/mol. The van der Waals surface area contributed by atoms with E-state index in [0.29, 0.717) is 0 Å². The Morgan fingerprint density at radius 1 is 1.37 bits per heavy atom. The molecule has 19 heavy (non-hydrogen) atoms. The number of aliphatic hydroxyl groups is 1. The Kier molecular flexibility index (Phi) is 5.49. The van der Waals surface area contributed by atoms with Crippen molar-refractivity contribution in [3.05, 3.63) is 29.8 Å². The molecule has 1 aromatic rings. The second-order valence-electron chi connectivity index (χ2n) is 3.64. The molecule has 0 saturated carbocycles. The number of rotatable bonds is 5. The van der Waals surface area contributed by atoms with Crippen LogP contribution >= 0.6 is 0 Å². The predicted molar refractivity (Wildman–Crippen MR) is 65.0 cm³/mol. The molecule has 0 saturated heterocycles. The van der Waals surface area contributed by atoms with E-state index in [1.165, 1.54) is 12.1 Å². The Labute approximate surface area is 110 Å². The van der Waals surface area contributed by atoms with Crippen molar-refractivity contribution in [2.24, 2.45) is 0 Å². The minimum Gasteiger partial charge on any atom is -0.395 e. The normalized spacial score (nSPS) is 13.1. The lowest BCUT2D eigenvalue weighted by molar-refractivity contribution is -0.137. The molecule has 0 aliphatic heterocycles. The van der Waals surface area contributed by atoms with Gasteiger partial charge in [-0.05, 0) is 18.2 Å². The molecule has 0 aromatic heterocycles. The number of aliphatic hydroxyl groups excluding tert-OH is 1. The van der Waals surface area contributed by atoms with Gasteiger partial charge in [-0.2, -0.15) is 13.2 Å². The van der Waals surface area contributed by atoms with Gasteiger partial charge in [-0.1, -0.05) is 6.07 Å². The summed E-state index contributed by atoms with van der Waals surface area (Å²) in [5, 5.41) is 10.7. The standard InChI is InChI=1S/C11H12F3NO3S/c12-11(13,14)8-2-1-3-9(6-8)15-10(17)7-19(18)5-4-16/h1-3,6,16H,4-5,7H2,(H,15,17). The molecular formula is C11H12F3NO3S. The van der Waals surface area contributed by atoms with Gasteiger partial charge in [-0.15, -0.1) is 0 Å². The Hall–Kier alpha value is -1.41. The molecule has 106 valence electrons. The highest BCUT2D eigenvalue weighted by Crippen LogP contribution is 2.30. The van der Waals surface area contributed by atoms with E-state index in [1.807, 2.05) is 0 Å². The van der Waals surface area contributed by atoms with Crippen LogP contribution in [-0.4, -0.2) is 33.3 Å². The van der Waals surface area contributed by atoms with E-state index < -0.39 is 28.4 Å². The average molecular weight is 295 g/mol. The van der Waals surface area contributed by atoms with Gasteiger partial charge in [0.05, 0.1) is 12.2 Å². The number of halogens is 3. The second-order valence-corrected chi connectivity index (χ2v) is 5.22. The SMILES string of the molecule is O=C(CS(=O)CCO)Nc1cccc(C(F)(F)F)c1. The summed E-state index contributed by atoms with van der Waals surface area (Å²) in [5.41, 5.74) is -0.886. The Bertz CT molecular complexity index is 476. The third-order valence-corrected chi connectivity index (χ3v) is 3.31. The first-order valence-electron chi connectivity index (χ1n) is 5.26. The van der Waals surface area contributed by atoms with E-state index in [1.54, 1.807) is 0 Å². The molecule has 2 N–H and O–H groups in total. The zero-order chi connectivity index (χ0) is 14.5. The molecule has 1 rings (SSSR count). The fourth-order valence-electron chi connectivity index (χ4n) is 1.29. The summed E-state index contributed by atoms with van der Waals surface area (Å²) < 4.78 is 48.5. The van der Waals surface area contributed by atoms with Crippen molar-refractivity contribution in [2.75, 3.05) is 23.4 Å². The van der Waals surface area contributed by atoms with Gasteiger partial charge in [0.15, 0.2) is 0 Å². The second kappa shape index (κ2) is 6.67. The molecule has 0 bridgehead atoms. The van der Waals surface area contributed by atoms with Crippen molar-refractivity contribution in [3.8, 4) is 0 Å². The maximum Gasteiger partial charge on any atom is 0.416 e. The summed E-state index contributed by atoms with van der Waals surface area (Å²) in [6.07, 6.45) is -4.49. The van der Waals surface area contributed by atoms with Gasteiger partial charge in [-0.25, -0.2) is 0 Å². The fourth-order valence-corrected chi connectivity index (χ4v) is 2.00. The van der Waals surface area contributed by atoms with Crippen LogP contribution in [0.25, 0.3) is 0 Å². The van der Waals surface area contributed by atoms with Crippen LogP contribution in [0.1, 0.15) is 5.56 Å². The van der Waals surface area contributed by atoms with E-state index in [4.69, 9.17) is 5.11 Å². The topological polar surface area (TPSA) is 66.4 Å². The number of anilines is 1. The third-order valence-electron chi connectivity index (χ3n) is 2.08. The summed E-state index contributed by atoms with van der Waals surface area (Å²) in [5.74, 6) is -1.07. The minimum absolute atomic E-state index is 0.0131. The summed E-state index contributed by atoms with van der Waals surface area (Å²) in [7, 11) is -1.53. The van der Waals surface area contributed by atoms with Crippen LogP contribution in [0.3, 0.4) is 0 Å². The summed E-state index contributed by atoms with van der Waals surface area (Å²) >= 11 is 0. The van der Waals surface area contributed by atoms with Crippen LogP contribution < -0.4 is 5.32 Å². The number of nitrogens with one attached hydrogen (secondary N) is 1. The fraction of sp³-hybridized carbons (Fsp3) is 0.364. The van der Waals surface area contributed by atoms with Crippen LogP contribution in [-0.2, 0) is 21.8 Å². The number of carbonyl (C=O) groups excluding carboxylic acids is 1. The van der Waals surface area contributed by atoms with Crippen LogP contribution in [0.4, 0.5) is 18.9 Å². The van der Waals surface area contributed by atoms with Gasteiger partial charge in [0.1, 0.15) is 5.75 Å². The van der Waals surface area contributed by atoms with Gasteiger partial charge in [0.2, 0.25) is 5.91 Å². The number of carbonyl (C=O) groups is 1. The number of hydrogen-bond donors (Lipinski definition) is 2. The zero-order valence-electron chi connectivity index (χ0n) is 9.74. The largest absolute Gasteiger partial charge is 0.416 e. The highest BCUT2D eigenvalue weighted by molar-refractivity contribution is 7.85. The van der Waals surface area contributed by atoms with Crippen LogP contribution in [0, 0.1) is 0 Å². The molecule has 0 heterocycles. The summed E-state index contributed by atoms with van der Waals surface area (Å²) in [4.78, 5) is 11.4. The highest BCUT2D eigenvalue weighted by Gasteiger charge is 2.30. The van der Waals surface area contributed by atoms with Crippen molar-refractivity contribution < 1.29 is 27.3 Å². The molecule has 0 spiro atoms. The third kappa shape index (κ3) is 5.39. The van der Waals surface area contributed by atoms with Crippen molar-refractivity contribution in [2.45, 2.75) is 6.18 Å². The van der Waals surface area contributed by atoms with Crippen LogP contribution in [0.5, 0.6) is 0 Å². The van der Waals surface area contributed by atoms with E-state index in [-0.39, 0.29) is 23.8 Å². The van der Waals surface area contributed by atoms with Gasteiger partial charge in [0, 0.05) is 22.2 Å². The molecule has 1 atom stereocenters. The van der Waals surface area contributed by atoms with Crippen molar-refractivity contribution in [1.29, 1.82) is 0 Å². The van der Waals surface area contributed by atoms with E-state index >= 15 is 0 Å². The van der Waals surface area contributed by atoms with Crippen molar-refractivity contribution in [3.63, 3.8) is 0 Å². The maximum absolute atomic E-state index is 12.4. The molecule has 0 aliphatic carbocycles. The first-order valence-corrected chi connectivity index (χ1v) is 6.74. The molecule has 1 aromatic carbocycles. The number of amides is 1. The quantitative estimate of drug-likeness (QED) is 0.862. The molecular weight excluding hydrogens is 283 g/mol. The number of benzene rings is 1. The lowest BCUT2D eigenvalue weighted by atomic mass is 10.2. The van der Waals surface area contributed by atoms with Crippen molar-refractivity contribution in [1.82, 2.24) is 0 Å². The van der Waals surface area contributed by atoms with Gasteiger partial charge in [0.25, 0.3) is 0 Å². The average Bonchev–Trinajstić information content (AvgIpc) is 2.28. The van der Waals surface area contributed by atoms with E-state index in [0.717, 1.165) is 12.1 Å². The van der Waals surface area contributed by atoms with Gasteiger partial charge < -0.3 is 10.4 Å². The van der Waals surface area contributed by atoms with Gasteiger partial charge in [-0.3, -0.25) is 9.00 Å². The molecule has 0 aliphatic rings. The van der Waals surface area contributed by atoms with Crippen LogP contribution in [0.2, 0.25) is 0 Å². The smallest absolute Gasteiger partial charge is 0.395 e. The molecule has 8 heteroatoms. The van der Waals surface area contributed by atoms with Crippen molar-refractivity contribution >= 4 is 22.4 Å². The summed E-state index contributed by atoms with van der Waals surface area (Å²) in [6.45, 7) is -0.316.